The van der Waals surface area contributed by atoms with E-state index in [2.05, 4.69) is 10.3 Å². The number of hydrogen-bond donors (Lipinski definition) is 1. The quantitative estimate of drug-likeness (QED) is 0.515. The van der Waals surface area contributed by atoms with Gasteiger partial charge in [0.15, 0.2) is 5.58 Å². The van der Waals surface area contributed by atoms with E-state index in [9.17, 15) is 4.79 Å². The van der Waals surface area contributed by atoms with E-state index in [4.69, 9.17) is 20.8 Å². The van der Waals surface area contributed by atoms with Gasteiger partial charge in [-0.15, -0.1) is 0 Å². The molecule has 0 fully saturated rings. The van der Waals surface area contributed by atoms with Gasteiger partial charge in [-0.1, -0.05) is 29.8 Å². The molecule has 0 saturated heterocycles. The third-order valence-electron chi connectivity index (χ3n) is 4.07. The summed E-state index contributed by atoms with van der Waals surface area (Å²) < 4.78 is 11.0. The van der Waals surface area contributed by atoms with Crippen molar-refractivity contribution in [3.05, 3.63) is 77.3 Å². The van der Waals surface area contributed by atoms with Crippen LogP contribution >= 0.6 is 11.6 Å². The number of halogens is 1. The number of carbonyl (C=O) groups is 1. The van der Waals surface area contributed by atoms with Gasteiger partial charge in [0, 0.05) is 16.3 Å². The number of anilines is 1. The third-order valence-corrected chi connectivity index (χ3v) is 4.30. The average Bonchev–Trinajstić information content (AvgIpc) is 3.11. The second-order valence-corrected chi connectivity index (χ2v) is 6.30. The number of para-hydroxylation sites is 1. The number of oxazole rings is 1. The number of methoxy groups -OCH3 is 1. The number of nitrogens with one attached hydrogen (secondary N) is 1. The molecule has 0 saturated carbocycles. The Morgan fingerprint density at radius 3 is 2.74 bits per heavy atom. The number of benzene rings is 3. The Hall–Kier alpha value is -3.31. The first kappa shape index (κ1) is 17.1. The summed E-state index contributed by atoms with van der Waals surface area (Å²) in [5, 5.41) is 3.47. The van der Waals surface area contributed by atoms with Gasteiger partial charge < -0.3 is 14.5 Å². The van der Waals surface area contributed by atoms with Crippen molar-refractivity contribution < 1.29 is 13.9 Å². The minimum Gasteiger partial charge on any atom is -0.496 e. The second kappa shape index (κ2) is 7.13. The van der Waals surface area contributed by atoms with Gasteiger partial charge in [0.25, 0.3) is 5.91 Å². The van der Waals surface area contributed by atoms with Crippen LogP contribution in [0.1, 0.15) is 10.4 Å². The Balaban J connectivity index is 1.63. The Morgan fingerprint density at radius 2 is 1.93 bits per heavy atom. The SMILES string of the molecule is COc1ccccc1C(=O)Nc1ccc2oc(-c3cccc(Cl)c3)nc2c1. The minimum atomic E-state index is -0.259. The fourth-order valence-electron chi connectivity index (χ4n) is 2.78. The Labute approximate surface area is 160 Å². The van der Waals surface area contributed by atoms with Crippen LogP contribution in [0.25, 0.3) is 22.6 Å². The maximum Gasteiger partial charge on any atom is 0.259 e. The molecular weight excluding hydrogens is 364 g/mol. The highest BCUT2D eigenvalue weighted by molar-refractivity contribution is 6.30. The lowest BCUT2D eigenvalue weighted by Crippen LogP contribution is -2.13. The van der Waals surface area contributed by atoms with Crippen LogP contribution in [0.4, 0.5) is 5.69 Å². The molecule has 4 aromatic rings. The number of hydrogen-bond acceptors (Lipinski definition) is 4. The molecule has 0 radical (unpaired) electrons. The third kappa shape index (κ3) is 3.50. The molecule has 3 aromatic carbocycles. The molecule has 0 spiro atoms. The van der Waals surface area contributed by atoms with E-state index < -0.39 is 0 Å². The minimum absolute atomic E-state index is 0.259. The van der Waals surface area contributed by atoms with Crippen LogP contribution in [0, 0.1) is 0 Å². The van der Waals surface area contributed by atoms with Crippen molar-refractivity contribution in [3.8, 4) is 17.2 Å². The van der Waals surface area contributed by atoms with Crippen molar-refractivity contribution in [1.82, 2.24) is 4.98 Å². The van der Waals surface area contributed by atoms with E-state index in [1.54, 1.807) is 48.5 Å². The lowest BCUT2D eigenvalue weighted by atomic mass is 10.2. The van der Waals surface area contributed by atoms with Crippen molar-refractivity contribution in [2.24, 2.45) is 0 Å². The van der Waals surface area contributed by atoms with Crippen LogP contribution in [-0.2, 0) is 0 Å². The van der Waals surface area contributed by atoms with Crippen LogP contribution in [0.2, 0.25) is 5.02 Å². The fourth-order valence-corrected chi connectivity index (χ4v) is 2.97. The van der Waals surface area contributed by atoms with Gasteiger partial charge >= 0.3 is 0 Å². The second-order valence-electron chi connectivity index (χ2n) is 5.87. The van der Waals surface area contributed by atoms with Gasteiger partial charge in [-0.25, -0.2) is 4.98 Å². The van der Waals surface area contributed by atoms with E-state index in [-0.39, 0.29) is 5.91 Å². The van der Waals surface area contributed by atoms with Crippen LogP contribution < -0.4 is 10.1 Å². The summed E-state index contributed by atoms with van der Waals surface area (Å²) in [5.41, 5.74) is 3.13. The summed E-state index contributed by atoms with van der Waals surface area (Å²) in [5.74, 6) is 0.729. The topological polar surface area (TPSA) is 64.4 Å². The number of rotatable bonds is 4. The Bertz CT molecular complexity index is 1140. The molecule has 134 valence electrons. The summed E-state index contributed by atoms with van der Waals surface area (Å²) >= 11 is 6.03. The summed E-state index contributed by atoms with van der Waals surface area (Å²) in [6.45, 7) is 0. The molecule has 0 aliphatic rings. The van der Waals surface area contributed by atoms with Crippen LogP contribution in [0.15, 0.2) is 71.1 Å². The lowest BCUT2D eigenvalue weighted by molar-refractivity contribution is 0.102. The summed E-state index contributed by atoms with van der Waals surface area (Å²) in [7, 11) is 1.53. The molecular formula is C21H15ClN2O3. The predicted molar refractivity (Wildman–Crippen MR) is 105 cm³/mol. The largest absolute Gasteiger partial charge is 0.496 e. The number of amides is 1. The highest BCUT2D eigenvalue weighted by atomic mass is 35.5. The van der Waals surface area contributed by atoms with Gasteiger partial charge in [0.05, 0.1) is 12.7 Å². The van der Waals surface area contributed by atoms with Gasteiger partial charge in [0.1, 0.15) is 11.3 Å². The summed E-state index contributed by atoms with van der Waals surface area (Å²) in [4.78, 5) is 17.0. The molecule has 1 amide bonds. The lowest BCUT2D eigenvalue weighted by Gasteiger charge is -2.08. The van der Waals surface area contributed by atoms with Crippen molar-refractivity contribution in [2.75, 3.05) is 12.4 Å². The number of ether oxygens (including phenoxy) is 1. The van der Waals surface area contributed by atoms with E-state index in [1.165, 1.54) is 7.11 Å². The van der Waals surface area contributed by atoms with Crippen molar-refractivity contribution in [2.45, 2.75) is 0 Å². The Morgan fingerprint density at radius 1 is 1.07 bits per heavy atom. The molecule has 0 aliphatic carbocycles. The average molecular weight is 379 g/mol. The van der Waals surface area contributed by atoms with Gasteiger partial charge in [-0.3, -0.25) is 4.79 Å². The molecule has 0 unspecified atom stereocenters. The molecule has 1 N–H and O–H groups in total. The number of aromatic nitrogens is 1. The highest BCUT2D eigenvalue weighted by Crippen LogP contribution is 2.28. The summed E-state index contributed by atoms with van der Waals surface area (Å²) in [6.07, 6.45) is 0. The van der Waals surface area contributed by atoms with E-state index in [0.29, 0.717) is 39.0 Å². The van der Waals surface area contributed by atoms with Crippen LogP contribution in [0.3, 0.4) is 0 Å². The molecule has 0 bridgehead atoms. The zero-order valence-electron chi connectivity index (χ0n) is 14.4. The predicted octanol–water partition coefficient (Wildman–Crippen LogP) is 5.41. The standard InChI is InChI=1S/C21H15ClN2O3/c1-26-18-8-3-2-7-16(18)20(25)23-15-9-10-19-17(12-15)24-21(27-19)13-5-4-6-14(22)11-13/h2-12H,1H3,(H,23,25). The van der Waals surface area contributed by atoms with E-state index in [0.717, 1.165) is 5.56 Å². The molecule has 27 heavy (non-hydrogen) atoms. The van der Waals surface area contributed by atoms with Gasteiger partial charge in [-0.05, 0) is 48.5 Å². The molecule has 0 atom stereocenters. The maximum atomic E-state index is 12.5. The van der Waals surface area contributed by atoms with Gasteiger partial charge in [-0.2, -0.15) is 0 Å². The molecule has 0 aliphatic heterocycles. The molecule has 6 heteroatoms. The molecule has 1 heterocycles. The van der Waals surface area contributed by atoms with Crippen LogP contribution in [-0.4, -0.2) is 18.0 Å². The molecule has 1 aromatic heterocycles. The maximum absolute atomic E-state index is 12.5. The van der Waals surface area contributed by atoms with Crippen molar-refractivity contribution >= 4 is 34.3 Å². The molecule has 4 rings (SSSR count). The number of fused-ring (bicyclic) bond motifs is 1. The summed E-state index contributed by atoms with van der Waals surface area (Å²) in [6, 6.07) is 19.6. The van der Waals surface area contributed by atoms with E-state index in [1.807, 2.05) is 18.2 Å². The smallest absolute Gasteiger partial charge is 0.259 e. The zero-order valence-corrected chi connectivity index (χ0v) is 15.2. The molecule has 5 nitrogen and oxygen atoms in total. The van der Waals surface area contributed by atoms with E-state index >= 15 is 0 Å². The Kier molecular flexibility index (Phi) is 4.52. The number of nitrogens with zero attached hydrogens (tertiary/aromatic N) is 1. The monoisotopic (exact) mass is 378 g/mol. The first-order valence-electron chi connectivity index (χ1n) is 8.25. The first-order valence-corrected chi connectivity index (χ1v) is 8.63. The zero-order chi connectivity index (χ0) is 18.8. The number of carbonyl (C=O) groups excluding carboxylic acids is 1. The fraction of sp³-hybridized carbons (Fsp3) is 0.0476. The van der Waals surface area contributed by atoms with Crippen molar-refractivity contribution in [3.63, 3.8) is 0 Å². The van der Waals surface area contributed by atoms with Crippen molar-refractivity contribution in [1.29, 1.82) is 0 Å². The first-order chi connectivity index (χ1) is 13.1. The van der Waals surface area contributed by atoms with Crippen LogP contribution in [0.5, 0.6) is 5.75 Å². The normalized spacial score (nSPS) is 10.7. The highest BCUT2D eigenvalue weighted by Gasteiger charge is 2.13. The van der Waals surface area contributed by atoms with Gasteiger partial charge in [0.2, 0.25) is 5.89 Å².